The first-order valence-corrected chi connectivity index (χ1v) is 12.6. The highest BCUT2D eigenvalue weighted by Crippen LogP contribution is 2.22. The fourth-order valence-corrected chi connectivity index (χ4v) is 5.62. The van der Waals surface area contributed by atoms with E-state index in [1.165, 1.54) is 36.4 Å². The number of nitrogens with two attached hydrogens (primary N) is 1. The Morgan fingerprint density at radius 3 is 2.23 bits per heavy atom. The van der Waals surface area contributed by atoms with E-state index >= 15 is 0 Å². The number of primary sulfonamides is 1. The van der Waals surface area contributed by atoms with Gasteiger partial charge in [-0.3, -0.25) is 9.52 Å². The number of hydrogen-bond acceptors (Lipinski definition) is 6. The lowest BCUT2D eigenvalue weighted by atomic mass is 10.1. The molecule has 0 aliphatic carbocycles. The molecular weight excluding hydrogens is 446 g/mol. The number of aryl methyl sites for hydroxylation is 1. The Balaban J connectivity index is 1.75. The Kier molecular flexibility index (Phi) is 6.27. The second kappa shape index (κ2) is 8.56. The highest BCUT2D eigenvalue weighted by Gasteiger charge is 2.17. The van der Waals surface area contributed by atoms with Crippen LogP contribution in [0, 0.1) is 0 Å². The number of nitrogens with one attached hydrogen (secondary N) is 2. The molecule has 1 amide bonds. The van der Waals surface area contributed by atoms with Gasteiger partial charge in [-0.25, -0.2) is 22.0 Å². The van der Waals surface area contributed by atoms with Crippen molar-refractivity contribution in [3.05, 3.63) is 71.1 Å². The summed E-state index contributed by atoms with van der Waals surface area (Å²) < 4.78 is 50.7. The van der Waals surface area contributed by atoms with E-state index in [9.17, 15) is 21.6 Å². The molecule has 3 aromatic rings. The molecule has 0 saturated heterocycles. The van der Waals surface area contributed by atoms with Gasteiger partial charge in [-0.15, -0.1) is 11.3 Å². The third-order valence-corrected chi connectivity index (χ3v) is 7.94. The van der Waals surface area contributed by atoms with Crippen molar-refractivity contribution in [2.45, 2.75) is 22.4 Å². The molecule has 0 aliphatic heterocycles. The van der Waals surface area contributed by atoms with E-state index in [0.29, 0.717) is 17.7 Å². The largest absolute Gasteiger partial charge is 0.322 e. The van der Waals surface area contributed by atoms with E-state index in [-0.39, 0.29) is 20.4 Å². The zero-order chi connectivity index (χ0) is 21.9. The Bertz CT molecular complexity index is 1270. The number of sulfonamides is 2. The van der Waals surface area contributed by atoms with Gasteiger partial charge in [0, 0.05) is 16.9 Å². The summed E-state index contributed by atoms with van der Waals surface area (Å²) in [5.41, 5.74) is 1.41. The van der Waals surface area contributed by atoms with Gasteiger partial charge in [-0.1, -0.05) is 19.1 Å². The van der Waals surface area contributed by atoms with Crippen LogP contribution in [0.15, 0.2) is 69.1 Å². The van der Waals surface area contributed by atoms with E-state index in [1.807, 2.05) is 0 Å². The SMILES string of the molecule is CCc1ccc(NC(=O)c2ccc(NS(=O)(=O)c3cccs3)cc2)cc1S(N)(=O)=O. The normalized spacial score (nSPS) is 11.8. The number of hydrogen-bond donors (Lipinski definition) is 3. The first-order chi connectivity index (χ1) is 14.1. The number of carbonyl (C=O) groups is 1. The monoisotopic (exact) mass is 465 g/mol. The van der Waals surface area contributed by atoms with Crippen LogP contribution in [0.1, 0.15) is 22.8 Å². The third kappa shape index (κ3) is 5.05. The summed E-state index contributed by atoms with van der Waals surface area (Å²) in [6, 6.07) is 13.5. The Morgan fingerprint density at radius 1 is 1.00 bits per heavy atom. The van der Waals surface area contributed by atoms with Crippen LogP contribution >= 0.6 is 11.3 Å². The predicted octanol–water partition coefficient (Wildman–Crippen LogP) is 3.01. The maximum absolute atomic E-state index is 12.5. The van der Waals surface area contributed by atoms with Crippen molar-refractivity contribution >= 4 is 48.7 Å². The molecule has 0 radical (unpaired) electrons. The second-order valence-electron chi connectivity index (χ2n) is 6.29. The van der Waals surface area contributed by atoms with E-state index in [1.54, 1.807) is 30.5 Å². The van der Waals surface area contributed by atoms with Crippen molar-refractivity contribution in [2.75, 3.05) is 10.0 Å². The summed E-state index contributed by atoms with van der Waals surface area (Å²) in [6.07, 6.45) is 0.475. The molecule has 0 fully saturated rings. The van der Waals surface area contributed by atoms with Gasteiger partial charge in [-0.05, 0) is 59.8 Å². The maximum Gasteiger partial charge on any atom is 0.271 e. The quantitative estimate of drug-likeness (QED) is 0.493. The van der Waals surface area contributed by atoms with Crippen molar-refractivity contribution in [1.29, 1.82) is 0 Å². The molecule has 1 heterocycles. The number of benzene rings is 2. The molecule has 8 nitrogen and oxygen atoms in total. The summed E-state index contributed by atoms with van der Waals surface area (Å²) in [6.45, 7) is 1.80. The molecule has 3 rings (SSSR count). The standard InChI is InChI=1S/C19H19N3O5S3/c1-2-13-5-10-16(12-17(13)29(20,24)25)21-19(23)14-6-8-15(9-7-14)22-30(26,27)18-4-3-11-28-18/h3-12,22H,2H2,1H3,(H,21,23)(H2,20,24,25). The van der Waals surface area contributed by atoms with Crippen LogP contribution in [-0.4, -0.2) is 22.7 Å². The van der Waals surface area contributed by atoms with E-state index in [2.05, 4.69) is 10.0 Å². The molecule has 0 atom stereocenters. The Labute approximate surface area is 178 Å². The lowest BCUT2D eigenvalue weighted by Crippen LogP contribution is -2.16. The Hall–Kier alpha value is -2.73. The molecule has 4 N–H and O–H groups in total. The molecule has 1 aromatic heterocycles. The third-order valence-electron chi connectivity index (χ3n) is 4.17. The van der Waals surface area contributed by atoms with E-state index in [0.717, 1.165) is 11.3 Å². The van der Waals surface area contributed by atoms with Crippen molar-refractivity contribution in [2.24, 2.45) is 5.14 Å². The van der Waals surface area contributed by atoms with Crippen molar-refractivity contribution < 1.29 is 21.6 Å². The number of carbonyl (C=O) groups excluding carboxylic acids is 1. The molecule has 0 saturated carbocycles. The molecule has 0 unspecified atom stereocenters. The van der Waals surface area contributed by atoms with Crippen LogP contribution < -0.4 is 15.2 Å². The van der Waals surface area contributed by atoms with Gasteiger partial charge in [0.05, 0.1) is 4.90 Å². The summed E-state index contributed by atoms with van der Waals surface area (Å²) in [5, 5.41) is 9.53. The van der Waals surface area contributed by atoms with E-state index < -0.39 is 26.0 Å². The molecule has 2 aromatic carbocycles. The minimum absolute atomic E-state index is 0.0406. The number of rotatable bonds is 7. The van der Waals surface area contributed by atoms with Gasteiger partial charge in [-0.2, -0.15) is 0 Å². The zero-order valence-corrected chi connectivity index (χ0v) is 18.3. The number of amides is 1. The molecule has 0 spiro atoms. The van der Waals surface area contributed by atoms with Crippen molar-refractivity contribution in [1.82, 2.24) is 0 Å². The highest BCUT2D eigenvalue weighted by molar-refractivity contribution is 7.94. The van der Waals surface area contributed by atoms with Gasteiger partial charge >= 0.3 is 0 Å². The minimum Gasteiger partial charge on any atom is -0.322 e. The molecule has 0 aliphatic rings. The lowest BCUT2D eigenvalue weighted by molar-refractivity contribution is 0.102. The van der Waals surface area contributed by atoms with Crippen LogP contribution in [-0.2, 0) is 26.5 Å². The first kappa shape index (κ1) is 22.0. The first-order valence-electron chi connectivity index (χ1n) is 8.73. The van der Waals surface area contributed by atoms with Gasteiger partial charge in [0.25, 0.3) is 15.9 Å². The van der Waals surface area contributed by atoms with Gasteiger partial charge < -0.3 is 5.32 Å². The maximum atomic E-state index is 12.5. The van der Waals surface area contributed by atoms with Crippen molar-refractivity contribution in [3.8, 4) is 0 Å². The summed E-state index contributed by atoms with van der Waals surface area (Å²) >= 11 is 1.10. The van der Waals surface area contributed by atoms with E-state index in [4.69, 9.17) is 5.14 Å². The molecule has 30 heavy (non-hydrogen) atoms. The predicted molar refractivity (Wildman–Crippen MR) is 117 cm³/mol. The van der Waals surface area contributed by atoms with Gasteiger partial charge in [0.2, 0.25) is 10.0 Å². The van der Waals surface area contributed by atoms with Crippen LogP contribution in [0.25, 0.3) is 0 Å². The van der Waals surface area contributed by atoms with Crippen LogP contribution in [0.2, 0.25) is 0 Å². The van der Waals surface area contributed by atoms with Crippen LogP contribution in [0.5, 0.6) is 0 Å². The molecule has 0 bridgehead atoms. The fourth-order valence-electron chi connectivity index (χ4n) is 2.70. The average Bonchev–Trinajstić information content (AvgIpc) is 3.23. The van der Waals surface area contributed by atoms with Crippen molar-refractivity contribution in [3.63, 3.8) is 0 Å². The molecular formula is C19H19N3O5S3. The molecule has 158 valence electrons. The average molecular weight is 466 g/mol. The summed E-state index contributed by atoms with van der Waals surface area (Å²) in [5.74, 6) is -0.479. The topological polar surface area (TPSA) is 135 Å². The molecule has 11 heteroatoms. The Morgan fingerprint density at radius 2 is 1.67 bits per heavy atom. The number of anilines is 2. The minimum atomic E-state index is -3.93. The smallest absolute Gasteiger partial charge is 0.271 e. The number of thiophene rings is 1. The lowest BCUT2D eigenvalue weighted by Gasteiger charge is -2.11. The zero-order valence-electron chi connectivity index (χ0n) is 15.8. The van der Waals surface area contributed by atoms with Crippen LogP contribution in [0.3, 0.4) is 0 Å². The summed E-state index contributed by atoms with van der Waals surface area (Å²) in [7, 11) is -7.60. The summed E-state index contributed by atoms with van der Waals surface area (Å²) in [4.78, 5) is 12.4. The highest BCUT2D eigenvalue weighted by atomic mass is 32.2. The van der Waals surface area contributed by atoms with Crippen LogP contribution in [0.4, 0.5) is 11.4 Å². The second-order valence-corrected chi connectivity index (χ2v) is 10.7. The van der Waals surface area contributed by atoms with Gasteiger partial charge in [0.1, 0.15) is 4.21 Å². The van der Waals surface area contributed by atoms with Gasteiger partial charge in [0.15, 0.2) is 0 Å². The fraction of sp³-hybridized carbons (Fsp3) is 0.105.